The molecule has 0 bridgehead atoms. The lowest BCUT2D eigenvalue weighted by atomic mass is 10.0. The van der Waals surface area contributed by atoms with Crippen LogP contribution in [-0.4, -0.2) is 30.0 Å². The summed E-state index contributed by atoms with van der Waals surface area (Å²) in [5, 5.41) is 0.227. The maximum atomic E-state index is 11.7. The molecule has 18 heavy (non-hydrogen) atoms. The van der Waals surface area contributed by atoms with Crippen LogP contribution in [0.3, 0.4) is 0 Å². The molecule has 1 rings (SSSR count). The molecule has 0 heterocycles. The Balaban J connectivity index is 3.11. The third-order valence-corrected chi connectivity index (χ3v) is 2.93. The third-order valence-electron chi connectivity index (χ3n) is 2.30. The van der Waals surface area contributed by atoms with Gasteiger partial charge in [0.1, 0.15) is 12.1 Å². The smallest absolute Gasteiger partial charge is 0.338 e. The van der Waals surface area contributed by atoms with Crippen molar-refractivity contribution in [2.24, 2.45) is 0 Å². The molecular formula is C13H13BrO4. The van der Waals surface area contributed by atoms with Crippen LogP contribution in [0.15, 0.2) is 18.2 Å². The molecule has 1 aromatic rings. The van der Waals surface area contributed by atoms with Crippen LogP contribution >= 0.6 is 15.9 Å². The molecule has 0 spiro atoms. The zero-order valence-electron chi connectivity index (χ0n) is 9.94. The summed E-state index contributed by atoms with van der Waals surface area (Å²) >= 11 is 3.07. The van der Waals surface area contributed by atoms with Crippen molar-refractivity contribution >= 4 is 34.0 Å². The van der Waals surface area contributed by atoms with Gasteiger partial charge in [-0.25, -0.2) is 4.79 Å². The van der Waals surface area contributed by atoms with Crippen LogP contribution in [0.25, 0.3) is 0 Å². The van der Waals surface area contributed by atoms with Gasteiger partial charge in [0.15, 0.2) is 0 Å². The molecule has 0 amide bonds. The Labute approximate surface area is 113 Å². The summed E-state index contributed by atoms with van der Waals surface area (Å²) in [6, 6.07) is 4.63. The number of benzene rings is 1. The van der Waals surface area contributed by atoms with Gasteiger partial charge in [-0.3, -0.25) is 9.59 Å². The standard InChI is InChI=1S/C13H13BrO4/c1-2-18-13(17)12-5-9(8-15)3-4-10(12)6-11(16)7-14/h3-5,8H,2,6-7H2,1H3. The minimum Gasteiger partial charge on any atom is -0.462 e. The van der Waals surface area contributed by atoms with Gasteiger partial charge in [0.2, 0.25) is 0 Å². The molecule has 0 unspecified atom stereocenters. The van der Waals surface area contributed by atoms with Gasteiger partial charge in [-0.15, -0.1) is 0 Å². The summed E-state index contributed by atoms with van der Waals surface area (Å²) in [6.07, 6.45) is 0.789. The van der Waals surface area contributed by atoms with E-state index in [4.69, 9.17) is 4.74 Å². The highest BCUT2D eigenvalue weighted by Gasteiger charge is 2.15. The molecule has 0 atom stereocenters. The van der Waals surface area contributed by atoms with Crippen LogP contribution in [0, 0.1) is 0 Å². The van der Waals surface area contributed by atoms with Crippen LogP contribution in [0.4, 0.5) is 0 Å². The van der Waals surface area contributed by atoms with Crippen LogP contribution in [0.1, 0.15) is 33.2 Å². The number of aldehydes is 1. The number of ketones is 1. The van der Waals surface area contributed by atoms with E-state index >= 15 is 0 Å². The van der Waals surface area contributed by atoms with Gasteiger partial charge in [0.25, 0.3) is 0 Å². The molecule has 0 radical (unpaired) electrons. The molecule has 0 saturated carbocycles. The van der Waals surface area contributed by atoms with Crippen molar-refractivity contribution in [3.8, 4) is 0 Å². The Morgan fingerprint density at radius 3 is 2.67 bits per heavy atom. The second-order valence-electron chi connectivity index (χ2n) is 3.60. The first kappa shape index (κ1) is 14.6. The van der Waals surface area contributed by atoms with E-state index in [1.165, 1.54) is 6.07 Å². The quantitative estimate of drug-likeness (QED) is 0.459. The Kier molecular flexibility index (Phi) is 5.71. The monoisotopic (exact) mass is 312 g/mol. The van der Waals surface area contributed by atoms with Crippen LogP contribution in [-0.2, 0) is 16.0 Å². The maximum absolute atomic E-state index is 11.7. The number of ether oxygens (including phenoxy) is 1. The highest BCUT2D eigenvalue weighted by atomic mass is 79.9. The minimum absolute atomic E-state index is 0.0422. The van der Waals surface area contributed by atoms with Crippen molar-refractivity contribution in [1.82, 2.24) is 0 Å². The molecule has 0 aliphatic carbocycles. The fourth-order valence-corrected chi connectivity index (χ4v) is 1.68. The zero-order valence-corrected chi connectivity index (χ0v) is 11.5. The first-order valence-corrected chi connectivity index (χ1v) is 6.57. The molecule has 4 nitrogen and oxygen atoms in total. The SMILES string of the molecule is CCOC(=O)c1cc(C=O)ccc1CC(=O)CBr. The van der Waals surface area contributed by atoms with Crippen molar-refractivity contribution in [3.63, 3.8) is 0 Å². The van der Waals surface area contributed by atoms with E-state index in [1.54, 1.807) is 19.1 Å². The van der Waals surface area contributed by atoms with Gasteiger partial charge in [-0.1, -0.05) is 28.1 Å². The Bertz CT molecular complexity index is 468. The zero-order chi connectivity index (χ0) is 13.5. The van der Waals surface area contributed by atoms with Crippen molar-refractivity contribution < 1.29 is 19.1 Å². The highest BCUT2D eigenvalue weighted by molar-refractivity contribution is 9.09. The normalized spacial score (nSPS) is 9.89. The number of carbonyl (C=O) groups is 3. The number of alkyl halides is 1. The first-order valence-electron chi connectivity index (χ1n) is 5.45. The van der Waals surface area contributed by atoms with E-state index in [2.05, 4.69) is 15.9 Å². The van der Waals surface area contributed by atoms with Crippen molar-refractivity contribution in [2.75, 3.05) is 11.9 Å². The number of rotatable bonds is 6. The van der Waals surface area contributed by atoms with E-state index in [0.29, 0.717) is 17.4 Å². The molecule has 5 heteroatoms. The molecule has 0 saturated heterocycles. The summed E-state index contributed by atoms with van der Waals surface area (Å²) < 4.78 is 4.91. The summed E-state index contributed by atoms with van der Waals surface area (Å²) in [5.41, 5.74) is 1.23. The van der Waals surface area contributed by atoms with E-state index in [9.17, 15) is 14.4 Å². The van der Waals surface area contributed by atoms with Crippen LogP contribution < -0.4 is 0 Å². The molecule has 96 valence electrons. The number of halogens is 1. The van der Waals surface area contributed by atoms with Gasteiger partial charge < -0.3 is 4.74 Å². The van der Waals surface area contributed by atoms with Crippen molar-refractivity contribution in [2.45, 2.75) is 13.3 Å². The average Bonchev–Trinajstić information content (AvgIpc) is 2.39. The van der Waals surface area contributed by atoms with Gasteiger partial charge >= 0.3 is 5.97 Å². The summed E-state index contributed by atoms with van der Waals surface area (Å²) in [7, 11) is 0. The summed E-state index contributed by atoms with van der Waals surface area (Å²) in [4.78, 5) is 33.8. The van der Waals surface area contributed by atoms with Crippen LogP contribution in [0.5, 0.6) is 0 Å². The fourth-order valence-electron chi connectivity index (χ4n) is 1.48. The predicted octanol–water partition coefficient (Wildman–Crippen LogP) is 2.18. The number of esters is 1. The average molecular weight is 313 g/mol. The molecular weight excluding hydrogens is 300 g/mol. The van der Waals surface area contributed by atoms with Crippen molar-refractivity contribution in [1.29, 1.82) is 0 Å². The van der Waals surface area contributed by atoms with E-state index < -0.39 is 5.97 Å². The number of carbonyl (C=O) groups excluding carboxylic acids is 3. The van der Waals surface area contributed by atoms with E-state index in [-0.39, 0.29) is 29.7 Å². The number of hydrogen-bond donors (Lipinski definition) is 0. The predicted molar refractivity (Wildman–Crippen MR) is 70.3 cm³/mol. The van der Waals surface area contributed by atoms with E-state index in [0.717, 1.165) is 0 Å². The number of hydrogen-bond acceptors (Lipinski definition) is 4. The summed E-state index contributed by atoms with van der Waals surface area (Å²) in [5.74, 6) is -0.557. The lowest BCUT2D eigenvalue weighted by Gasteiger charge is -2.08. The third kappa shape index (κ3) is 3.77. The fraction of sp³-hybridized carbons (Fsp3) is 0.308. The molecule has 0 aliphatic heterocycles. The minimum atomic E-state index is -0.515. The molecule has 1 aromatic carbocycles. The number of Topliss-reactive ketones (excluding diaryl/α,β-unsaturated/α-hetero) is 1. The summed E-state index contributed by atoms with van der Waals surface area (Å²) in [6.45, 7) is 1.95. The Morgan fingerprint density at radius 2 is 2.11 bits per heavy atom. The Morgan fingerprint density at radius 1 is 1.39 bits per heavy atom. The Hall–Kier alpha value is -1.49. The molecule has 0 aromatic heterocycles. The lowest BCUT2D eigenvalue weighted by molar-refractivity contribution is -0.115. The van der Waals surface area contributed by atoms with Gasteiger partial charge in [0, 0.05) is 12.0 Å². The molecule has 0 N–H and O–H groups in total. The van der Waals surface area contributed by atoms with Gasteiger partial charge in [-0.05, 0) is 18.6 Å². The second-order valence-corrected chi connectivity index (χ2v) is 4.16. The van der Waals surface area contributed by atoms with Gasteiger partial charge in [0.05, 0.1) is 17.5 Å². The lowest BCUT2D eigenvalue weighted by Crippen LogP contribution is -2.12. The highest BCUT2D eigenvalue weighted by Crippen LogP contribution is 2.14. The second kappa shape index (κ2) is 7.06. The van der Waals surface area contributed by atoms with Crippen molar-refractivity contribution in [3.05, 3.63) is 34.9 Å². The maximum Gasteiger partial charge on any atom is 0.338 e. The largest absolute Gasteiger partial charge is 0.462 e. The van der Waals surface area contributed by atoms with E-state index in [1.807, 2.05) is 0 Å². The molecule has 0 fully saturated rings. The van der Waals surface area contributed by atoms with Gasteiger partial charge in [-0.2, -0.15) is 0 Å². The molecule has 0 aliphatic rings. The first-order chi connectivity index (χ1) is 8.62. The topological polar surface area (TPSA) is 60.4 Å². The van der Waals surface area contributed by atoms with Crippen LogP contribution in [0.2, 0.25) is 0 Å².